The van der Waals surface area contributed by atoms with E-state index < -0.39 is 36.0 Å². The van der Waals surface area contributed by atoms with Crippen LogP contribution in [0.1, 0.15) is 18.1 Å². The van der Waals surface area contributed by atoms with Crippen LogP contribution in [0.25, 0.3) is 0 Å². The molecule has 150 valence electrons. The second-order valence-corrected chi connectivity index (χ2v) is 7.05. The van der Waals surface area contributed by atoms with Gasteiger partial charge in [-0.3, -0.25) is 19.8 Å². The second-order valence-electron chi connectivity index (χ2n) is 6.64. The van der Waals surface area contributed by atoms with Crippen molar-refractivity contribution >= 4 is 35.5 Å². The van der Waals surface area contributed by atoms with E-state index in [1.54, 1.807) is 24.3 Å². The number of amides is 6. The summed E-state index contributed by atoms with van der Waals surface area (Å²) in [6.45, 7) is 1.15. The smallest absolute Gasteiger partial charge is 0.325 e. The number of hydrogen-bond donors (Lipinski definition) is 3. The summed E-state index contributed by atoms with van der Waals surface area (Å²) in [4.78, 5) is 49.9. The van der Waals surface area contributed by atoms with Gasteiger partial charge in [-0.05, 0) is 18.6 Å². The van der Waals surface area contributed by atoms with Crippen molar-refractivity contribution in [2.75, 3.05) is 6.54 Å². The van der Waals surface area contributed by atoms with Crippen LogP contribution in [0, 0.1) is 0 Å². The zero-order valence-corrected chi connectivity index (χ0v) is 16.3. The first-order valence-corrected chi connectivity index (χ1v) is 9.20. The average molecular weight is 415 g/mol. The van der Waals surface area contributed by atoms with Gasteiger partial charge in [0.15, 0.2) is 0 Å². The monoisotopic (exact) mass is 414 g/mol. The molecule has 0 bridgehead atoms. The van der Waals surface area contributed by atoms with Gasteiger partial charge in [0.05, 0.1) is 0 Å². The third-order valence-corrected chi connectivity index (χ3v) is 4.87. The van der Waals surface area contributed by atoms with Gasteiger partial charge in [-0.25, -0.2) is 9.59 Å². The van der Waals surface area contributed by atoms with E-state index in [-0.39, 0.29) is 6.54 Å². The summed E-state index contributed by atoms with van der Waals surface area (Å²) < 4.78 is 0. The minimum Gasteiger partial charge on any atom is -0.334 e. The Labute approximate surface area is 172 Å². The predicted molar refractivity (Wildman–Crippen MR) is 106 cm³/mol. The van der Waals surface area contributed by atoms with Crippen molar-refractivity contribution in [3.8, 4) is 0 Å². The fraction of sp³-hybridized carbons (Fsp3) is 0.200. The molecule has 1 fully saturated rings. The van der Waals surface area contributed by atoms with Gasteiger partial charge in [-0.15, -0.1) is 0 Å². The standard InChI is InChI=1S/C20H19ClN4O4/c1-20(14-9-5-6-10-15(14)21)17(27)25(19(29)24-20)12-16(26)23-18(28)22-11-13-7-3-2-4-8-13/h2-10H,11-12H2,1H3,(H,24,29)(H2,22,23,26,28). The maximum absolute atomic E-state index is 12.8. The van der Waals surface area contributed by atoms with E-state index in [4.69, 9.17) is 11.6 Å². The molecular formula is C20H19ClN4O4. The van der Waals surface area contributed by atoms with Gasteiger partial charge >= 0.3 is 12.1 Å². The van der Waals surface area contributed by atoms with E-state index in [1.807, 2.05) is 30.3 Å². The lowest BCUT2D eigenvalue weighted by atomic mass is 9.92. The molecule has 8 nitrogen and oxygen atoms in total. The number of rotatable bonds is 5. The Kier molecular flexibility index (Phi) is 5.84. The summed E-state index contributed by atoms with van der Waals surface area (Å²) in [6, 6.07) is 14.3. The molecular weight excluding hydrogens is 396 g/mol. The van der Waals surface area contributed by atoms with Crippen LogP contribution in [0.5, 0.6) is 0 Å². The molecule has 29 heavy (non-hydrogen) atoms. The van der Waals surface area contributed by atoms with Crippen molar-refractivity contribution in [3.05, 3.63) is 70.7 Å². The first-order chi connectivity index (χ1) is 13.8. The first kappa shape index (κ1) is 20.3. The van der Waals surface area contributed by atoms with Crippen molar-refractivity contribution in [2.24, 2.45) is 0 Å². The Hall–Kier alpha value is -3.39. The maximum atomic E-state index is 12.8. The third kappa shape index (κ3) is 4.38. The zero-order chi connectivity index (χ0) is 21.0. The normalized spacial score (nSPS) is 18.3. The molecule has 2 aromatic carbocycles. The number of halogens is 1. The van der Waals surface area contributed by atoms with Crippen molar-refractivity contribution in [1.29, 1.82) is 0 Å². The number of urea groups is 2. The van der Waals surface area contributed by atoms with E-state index in [9.17, 15) is 19.2 Å². The van der Waals surface area contributed by atoms with E-state index in [1.165, 1.54) is 6.92 Å². The molecule has 6 amide bonds. The molecule has 0 aromatic heterocycles. The lowest BCUT2D eigenvalue weighted by molar-refractivity contribution is -0.134. The second kappa shape index (κ2) is 8.32. The molecule has 1 unspecified atom stereocenters. The number of benzene rings is 2. The molecule has 3 N–H and O–H groups in total. The van der Waals surface area contributed by atoms with Crippen LogP contribution in [0.4, 0.5) is 9.59 Å². The topological polar surface area (TPSA) is 108 Å². The van der Waals surface area contributed by atoms with Crippen molar-refractivity contribution in [3.63, 3.8) is 0 Å². The fourth-order valence-electron chi connectivity index (χ4n) is 3.02. The quantitative estimate of drug-likeness (QED) is 0.651. The molecule has 0 spiro atoms. The first-order valence-electron chi connectivity index (χ1n) is 8.82. The Morgan fingerprint density at radius 2 is 1.72 bits per heavy atom. The Morgan fingerprint density at radius 3 is 2.41 bits per heavy atom. The molecule has 1 aliphatic heterocycles. The van der Waals surface area contributed by atoms with Crippen LogP contribution in [-0.4, -0.2) is 35.3 Å². The molecule has 0 radical (unpaired) electrons. The highest BCUT2D eigenvalue weighted by Gasteiger charge is 2.50. The third-order valence-electron chi connectivity index (χ3n) is 4.54. The lowest BCUT2D eigenvalue weighted by Crippen LogP contribution is -2.46. The van der Waals surface area contributed by atoms with Gasteiger partial charge in [0.2, 0.25) is 5.91 Å². The van der Waals surface area contributed by atoms with E-state index >= 15 is 0 Å². The predicted octanol–water partition coefficient (Wildman–Crippen LogP) is 2.13. The summed E-state index contributed by atoms with van der Waals surface area (Å²) in [5, 5.41) is 7.52. The van der Waals surface area contributed by atoms with E-state index in [0.29, 0.717) is 10.6 Å². The van der Waals surface area contributed by atoms with E-state index in [0.717, 1.165) is 10.5 Å². The molecule has 0 aliphatic carbocycles. The minimum atomic E-state index is -1.40. The van der Waals surface area contributed by atoms with Crippen LogP contribution >= 0.6 is 11.6 Å². The average Bonchev–Trinajstić information content (AvgIpc) is 2.91. The van der Waals surface area contributed by atoms with Gasteiger partial charge in [-0.2, -0.15) is 0 Å². The highest BCUT2D eigenvalue weighted by atomic mass is 35.5. The number of hydrogen-bond acceptors (Lipinski definition) is 4. The van der Waals surface area contributed by atoms with Crippen LogP contribution in [0.2, 0.25) is 5.02 Å². The number of carbonyl (C=O) groups excluding carboxylic acids is 4. The maximum Gasteiger partial charge on any atom is 0.325 e. The SMILES string of the molecule is CC1(c2ccccc2Cl)NC(=O)N(CC(=O)NC(=O)NCc2ccccc2)C1=O. The Balaban J connectivity index is 1.60. The molecule has 2 aromatic rings. The molecule has 1 saturated heterocycles. The van der Waals surface area contributed by atoms with Gasteiger partial charge in [0.25, 0.3) is 5.91 Å². The van der Waals surface area contributed by atoms with Crippen molar-refractivity contribution in [1.82, 2.24) is 20.9 Å². The molecule has 1 aliphatic rings. The highest BCUT2D eigenvalue weighted by Crippen LogP contribution is 2.33. The number of nitrogens with zero attached hydrogens (tertiary/aromatic N) is 1. The van der Waals surface area contributed by atoms with Gasteiger partial charge in [0, 0.05) is 17.1 Å². The Morgan fingerprint density at radius 1 is 1.07 bits per heavy atom. The van der Waals surface area contributed by atoms with Crippen LogP contribution < -0.4 is 16.0 Å². The van der Waals surface area contributed by atoms with Crippen molar-refractivity contribution in [2.45, 2.75) is 19.0 Å². The molecule has 1 heterocycles. The summed E-state index contributed by atoms with van der Waals surface area (Å²) in [7, 11) is 0. The molecule has 0 saturated carbocycles. The number of nitrogens with one attached hydrogen (secondary N) is 3. The summed E-state index contributed by atoms with van der Waals surface area (Å²) in [5.41, 5.74) is -0.117. The summed E-state index contributed by atoms with van der Waals surface area (Å²) >= 11 is 6.16. The van der Waals surface area contributed by atoms with E-state index in [2.05, 4.69) is 16.0 Å². The number of imide groups is 2. The van der Waals surface area contributed by atoms with Gasteiger partial charge < -0.3 is 10.6 Å². The summed E-state index contributed by atoms with van der Waals surface area (Å²) in [6.07, 6.45) is 0. The molecule has 9 heteroatoms. The largest absolute Gasteiger partial charge is 0.334 e. The van der Waals surface area contributed by atoms with Crippen LogP contribution in [0.3, 0.4) is 0 Å². The molecule has 1 atom stereocenters. The summed E-state index contributed by atoms with van der Waals surface area (Å²) in [5.74, 6) is -1.42. The van der Waals surface area contributed by atoms with Crippen molar-refractivity contribution < 1.29 is 19.2 Å². The van der Waals surface area contributed by atoms with Gasteiger partial charge in [0.1, 0.15) is 12.1 Å². The Bertz CT molecular complexity index is 966. The fourth-order valence-corrected chi connectivity index (χ4v) is 3.35. The number of carbonyl (C=O) groups is 4. The zero-order valence-electron chi connectivity index (χ0n) is 15.6. The van der Waals surface area contributed by atoms with Crippen LogP contribution in [-0.2, 0) is 21.7 Å². The van der Waals surface area contributed by atoms with Crippen LogP contribution in [0.15, 0.2) is 54.6 Å². The minimum absolute atomic E-state index is 0.230. The molecule has 3 rings (SSSR count). The van der Waals surface area contributed by atoms with Gasteiger partial charge in [-0.1, -0.05) is 60.1 Å². The highest BCUT2D eigenvalue weighted by molar-refractivity contribution is 6.32. The lowest BCUT2D eigenvalue weighted by Gasteiger charge is -2.23.